The summed E-state index contributed by atoms with van der Waals surface area (Å²) in [4.78, 5) is 23.5. The lowest BCUT2D eigenvalue weighted by molar-refractivity contribution is -0.136. The van der Waals surface area contributed by atoms with Gasteiger partial charge in [-0.2, -0.15) is 0 Å². The van der Waals surface area contributed by atoms with Crippen molar-refractivity contribution in [3.05, 3.63) is 33.2 Å². The van der Waals surface area contributed by atoms with Gasteiger partial charge in [-0.1, -0.05) is 11.6 Å². The number of hydrogen-bond donors (Lipinski definition) is 2. The molecule has 0 aliphatic rings. The first-order chi connectivity index (χ1) is 5.59. The Labute approximate surface area is 72.8 Å². The Morgan fingerprint density at radius 1 is 1.58 bits per heavy atom. The number of aromatic amines is 1. The number of rotatable bonds is 2. The van der Waals surface area contributed by atoms with Crippen LogP contribution >= 0.6 is 11.6 Å². The van der Waals surface area contributed by atoms with Crippen molar-refractivity contribution in [1.29, 1.82) is 0 Å². The van der Waals surface area contributed by atoms with E-state index in [0.717, 1.165) is 0 Å². The van der Waals surface area contributed by atoms with E-state index in [0.29, 0.717) is 0 Å². The van der Waals surface area contributed by atoms with Crippen LogP contribution in [-0.2, 0) is 11.2 Å². The van der Waals surface area contributed by atoms with E-state index in [2.05, 4.69) is 4.98 Å². The maximum atomic E-state index is 11.0. The SMILES string of the molecule is O=C(O)Cc1ccc(Cl)[nH]c1=O. The van der Waals surface area contributed by atoms with Crippen LogP contribution in [0.4, 0.5) is 0 Å². The lowest BCUT2D eigenvalue weighted by Gasteiger charge is -1.94. The smallest absolute Gasteiger partial charge is 0.308 e. The van der Waals surface area contributed by atoms with Crippen LogP contribution in [0.5, 0.6) is 0 Å². The number of nitrogens with one attached hydrogen (secondary N) is 1. The van der Waals surface area contributed by atoms with Gasteiger partial charge >= 0.3 is 5.97 Å². The fraction of sp³-hybridized carbons (Fsp3) is 0.143. The van der Waals surface area contributed by atoms with Crippen LogP contribution in [0.1, 0.15) is 5.56 Å². The second-order valence-electron chi connectivity index (χ2n) is 2.23. The molecule has 1 rings (SSSR count). The predicted molar refractivity (Wildman–Crippen MR) is 43.4 cm³/mol. The van der Waals surface area contributed by atoms with Crippen LogP contribution in [-0.4, -0.2) is 16.1 Å². The molecule has 0 atom stereocenters. The van der Waals surface area contributed by atoms with Crippen molar-refractivity contribution in [2.75, 3.05) is 0 Å². The van der Waals surface area contributed by atoms with Gasteiger partial charge in [0.2, 0.25) is 0 Å². The third-order valence-corrected chi connectivity index (χ3v) is 1.52. The molecule has 0 fully saturated rings. The zero-order valence-corrected chi connectivity index (χ0v) is 6.76. The van der Waals surface area contributed by atoms with Gasteiger partial charge in [-0.25, -0.2) is 0 Å². The van der Waals surface area contributed by atoms with Crippen molar-refractivity contribution in [3.8, 4) is 0 Å². The number of aliphatic carboxylic acids is 1. The van der Waals surface area contributed by atoms with Crippen LogP contribution in [0.2, 0.25) is 5.15 Å². The molecule has 0 saturated heterocycles. The van der Waals surface area contributed by atoms with Gasteiger partial charge in [0, 0.05) is 5.56 Å². The van der Waals surface area contributed by atoms with Gasteiger partial charge in [-0.3, -0.25) is 9.59 Å². The lowest BCUT2D eigenvalue weighted by atomic mass is 10.2. The minimum atomic E-state index is -1.04. The third kappa shape index (κ3) is 2.10. The summed E-state index contributed by atoms with van der Waals surface area (Å²) in [6.45, 7) is 0. The monoisotopic (exact) mass is 187 g/mol. The Bertz CT molecular complexity index is 358. The summed E-state index contributed by atoms with van der Waals surface area (Å²) < 4.78 is 0. The van der Waals surface area contributed by atoms with Crippen molar-refractivity contribution >= 4 is 17.6 Å². The minimum absolute atomic E-state index is 0.201. The number of pyridine rings is 1. The van der Waals surface area contributed by atoms with Gasteiger partial charge in [-0.15, -0.1) is 0 Å². The largest absolute Gasteiger partial charge is 0.481 e. The first kappa shape index (κ1) is 8.80. The molecule has 0 bridgehead atoms. The fourth-order valence-corrected chi connectivity index (χ4v) is 0.931. The van der Waals surface area contributed by atoms with Gasteiger partial charge < -0.3 is 10.1 Å². The van der Waals surface area contributed by atoms with Gasteiger partial charge in [0.25, 0.3) is 5.56 Å². The molecule has 2 N–H and O–H groups in total. The Balaban J connectivity index is 3.02. The summed E-state index contributed by atoms with van der Waals surface area (Å²) in [6, 6.07) is 2.84. The number of carboxylic acid groups (broad SMARTS) is 1. The highest BCUT2D eigenvalue weighted by atomic mass is 35.5. The van der Waals surface area contributed by atoms with Crippen LogP contribution in [0.3, 0.4) is 0 Å². The molecule has 5 heteroatoms. The molecule has 1 aromatic heterocycles. The normalized spacial score (nSPS) is 9.75. The number of carboxylic acids is 1. The van der Waals surface area contributed by atoms with E-state index in [-0.39, 0.29) is 17.1 Å². The van der Waals surface area contributed by atoms with Crippen LogP contribution in [0.25, 0.3) is 0 Å². The molecule has 0 aliphatic heterocycles. The van der Waals surface area contributed by atoms with E-state index in [4.69, 9.17) is 16.7 Å². The second kappa shape index (κ2) is 3.40. The first-order valence-electron chi connectivity index (χ1n) is 3.19. The summed E-state index contributed by atoms with van der Waals surface area (Å²) >= 11 is 5.45. The summed E-state index contributed by atoms with van der Waals surface area (Å²) in [5.74, 6) is -1.04. The highest BCUT2D eigenvalue weighted by Crippen LogP contribution is 2.01. The van der Waals surface area contributed by atoms with E-state index in [1.807, 2.05) is 0 Å². The van der Waals surface area contributed by atoms with Crippen molar-refractivity contribution in [1.82, 2.24) is 4.98 Å². The van der Waals surface area contributed by atoms with Gasteiger partial charge in [-0.05, 0) is 12.1 Å². The average Bonchev–Trinajstić information content (AvgIpc) is 1.94. The Hall–Kier alpha value is -1.29. The maximum absolute atomic E-state index is 11.0. The molecule has 4 nitrogen and oxygen atoms in total. The fourth-order valence-electron chi connectivity index (χ4n) is 0.782. The number of hydrogen-bond acceptors (Lipinski definition) is 2. The lowest BCUT2D eigenvalue weighted by Crippen LogP contribution is -2.15. The highest BCUT2D eigenvalue weighted by Gasteiger charge is 2.04. The average molecular weight is 188 g/mol. The standard InChI is InChI=1S/C7H6ClNO3/c8-5-2-1-4(3-6(10)11)7(12)9-5/h1-2H,3H2,(H,9,12)(H,10,11). The third-order valence-electron chi connectivity index (χ3n) is 1.30. The van der Waals surface area contributed by atoms with Crippen molar-refractivity contribution in [2.45, 2.75) is 6.42 Å². The Morgan fingerprint density at radius 3 is 2.75 bits per heavy atom. The predicted octanol–water partition coefficient (Wildman–Crippen LogP) is 0.655. The summed E-state index contributed by atoms with van der Waals surface area (Å²) in [5.41, 5.74) is -0.253. The highest BCUT2D eigenvalue weighted by molar-refractivity contribution is 6.29. The van der Waals surface area contributed by atoms with Crippen LogP contribution in [0.15, 0.2) is 16.9 Å². The molecule has 12 heavy (non-hydrogen) atoms. The molecule has 0 aliphatic carbocycles. The molecule has 1 aromatic rings. The zero-order valence-electron chi connectivity index (χ0n) is 6.00. The molecular weight excluding hydrogens is 182 g/mol. The Morgan fingerprint density at radius 2 is 2.25 bits per heavy atom. The first-order valence-corrected chi connectivity index (χ1v) is 3.57. The molecule has 1 heterocycles. The summed E-state index contributed by atoms with van der Waals surface area (Å²) in [6.07, 6.45) is -0.285. The van der Waals surface area contributed by atoms with E-state index in [1.54, 1.807) is 0 Å². The van der Waals surface area contributed by atoms with E-state index >= 15 is 0 Å². The van der Waals surface area contributed by atoms with Crippen molar-refractivity contribution in [3.63, 3.8) is 0 Å². The second-order valence-corrected chi connectivity index (χ2v) is 2.64. The topological polar surface area (TPSA) is 70.2 Å². The van der Waals surface area contributed by atoms with Crippen molar-refractivity contribution in [2.24, 2.45) is 0 Å². The van der Waals surface area contributed by atoms with E-state index in [1.165, 1.54) is 12.1 Å². The number of aromatic nitrogens is 1. The maximum Gasteiger partial charge on any atom is 0.308 e. The molecule has 0 saturated carbocycles. The van der Waals surface area contributed by atoms with Crippen LogP contribution < -0.4 is 5.56 Å². The van der Waals surface area contributed by atoms with E-state index < -0.39 is 11.5 Å². The summed E-state index contributed by atoms with van der Waals surface area (Å²) in [7, 11) is 0. The van der Waals surface area contributed by atoms with Gasteiger partial charge in [0.05, 0.1) is 6.42 Å². The quantitative estimate of drug-likeness (QED) is 0.668. The van der Waals surface area contributed by atoms with E-state index in [9.17, 15) is 9.59 Å². The number of carbonyl (C=O) groups is 1. The number of H-pyrrole nitrogens is 1. The summed E-state index contributed by atoms with van der Waals surface area (Å²) in [5, 5.41) is 8.58. The molecule has 0 amide bonds. The molecule has 64 valence electrons. The molecular formula is C7H6ClNO3. The Kier molecular flexibility index (Phi) is 2.50. The zero-order chi connectivity index (χ0) is 9.14. The number of halogens is 1. The molecule has 0 unspecified atom stereocenters. The van der Waals surface area contributed by atoms with Gasteiger partial charge in [0.15, 0.2) is 0 Å². The molecule has 0 aromatic carbocycles. The minimum Gasteiger partial charge on any atom is -0.481 e. The van der Waals surface area contributed by atoms with Gasteiger partial charge in [0.1, 0.15) is 5.15 Å². The molecule has 0 radical (unpaired) electrons. The van der Waals surface area contributed by atoms with Crippen molar-refractivity contribution < 1.29 is 9.90 Å². The van der Waals surface area contributed by atoms with Crippen LogP contribution in [0, 0.1) is 0 Å². The molecule has 0 spiro atoms.